The van der Waals surface area contributed by atoms with E-state index in [1.807, 2.05) is 6.92 Å². The fourth-order valence-corrected chi connectivity index (χ4v) is 1.85. The summed E-state index contributed by atoms with van der Waals surface area (Å²) in [6, 6.07) is -0.121. The number of ether oxygens (including phenoxy) is 1. The van der Waals surface area contributed by atoms with E-state index in [1.54, 1.807) is 0 Å². The molecule has 1 saturated heterocycles. The van der Waals surface area contributed by atoms with Gasteiger partial charge in [-0.3, -0.25) is 0 Å². The molecular weight excluding hydrogens is 206 g/mol. The molecule has 1 aliphatic rings. The summed E-state index contributed by atoms with van der Waals surface area (Å²) in [5.74, 6) is 1.25. The summed E-state index contributed by atoms with van der Waals surface area (Å²) >= 11 is 0. The molecule has 5 heteroatoms. The molecule has 2 heterocycles. The molecule has 16 heavy (non-hydrogen) atoms. The van der Waals surface area contributed by atoms with Crippen LogP contribution in [0.5, 0.6) is 0 Å². The third-order valence-electron chi connectivity index (χ3n) is 2.93. The van der Waals surface area contributed by atoms with Crippen LogP contribution >= 0.6 is 0 Å². The van der Waals surface area contributed by atoms with Gasteiger partial charge in [0.1, 0.15) is 0 Å². The number of aromatic nitrogens is 2. The lowest BCUT2D eigenvalue weighted by atomic mass is 10.1. The highest BCUT2D eigenvalue weighted by Crippen LogP contribution is 2.17. The molecule has 0 aliphatic carbocycles. The maximum atomic E-state index is 5.82. The lowest BCUT2D eigenvalue weighted by Crippen LogP contribution is -2.21. The van der Waals surface area contributed by atoms with Crippen molar-refractivity contribution in [2.24, 2.45) is 5.73 Å². The van der Waals surface area contributed by atoms with Crippen LogP contribution in [0.4, 0.5) is 0 Å². The first-order valence-corrected chi connectivity index (χ1v) is 5.99. The molecule has 2 N–H and O–H groups in total. The van der Waals surface area contributed by atoms with Crippen molar-refractivity contribution in [3.05, 3.63) is 11.7 Å². The molecule has 2 unspecified atom stereocenters. The van der Waals surface area contributed by atoms with Gasteiger partial charge in [0.05, 0.1) is 18.6 Å². The molecule has 2 rings (SSSR count). The summed E-state index contributed by atoms with van der Waals surface area (Å²) in [7, 11) is 0. The van der Waals surface area contributed by atoms with E-state index in [0.29, 0.717) is 18.1 Å². The van der Waals surface area contributed by atoms with Crippen LogP contribution in [-0.2, 0) is 11.2 Å². The van der Waals surface area contributed by atoms with E-state index in [1.165, 1.54) is 6.42 Å². The zero-order valence-corrected chi connectivity index (χ0v) is 9.69. The summed E-state index contributed by atoms with van der Waals surface area (Å²) < 4.78 is 10.8. The first kappa shape index (κ1) is 11.5. The van der Waals surface area contributed by atoms with Crippen LogP contribution in [0.25, 0.3) is 0 Å². The molecule has 1 fully saturated rings. The van der Waals surface area contributed by atoms with Crippen LogP contribution in [0.2, 0.25) is 0 Å². The molecule has 0 bridgehead atoms. The van der Waals surface area contributed by atoms with Crippen molar-refractivity contribution in [2.45, 2.75) is 51.2 Å². The molecule has 0 saturated carbocycles. The molecule has 5 nitrogen and oxygen atoms in total. The Morgan fingerprint density at radius 1 is 1.50 bits per heavy atom. The van der Waals surface area contributed by atoms with Crippen LogP contribution in [0, 0.1) is 0 Å². The highest BCUT2D eigenvalue weighted by Gasteiger charge is 2.19. The van der Waals surface area contributed by atoms with E-state index < -0.39 is 0 Å². The highest BCUT2D eigenvalue weighted by atomic mass is 16.5. The molecule has 1 aromatic rings. The number of hydrogen-bond acceptors (Lipinski definition) is 5. The van der Waals surface area contributed by atoms with Crippen LogP contribution in [-0.4, -0.2) is 22.9 Å². The first-order valence-electron chi connectivity index (χ1n) is 5.99. The fraction of sp³-hybridized carbons (Fsp3) is 0.818. The Kier molecular flexibility index (Phi) is 3.90. The molecule has 0 amide bonds. The summed E-state index contributed by atoms with van der Waals surface area (Å²) in [4.78, 5) is 4.29. The number of rotatable bonds is 4. The summed E-state index contributed by atoms with van der Waals surface area (Å²) in [5, 5.41) is 3.89. The Bertz CT molecular complexity index is 321. The Labute approximate surface area is 95.3 Å². The minimum atomic E-state index is -0.121. The third kappa shape index (κ3) is 2.80. The average Bonchev–Trinajstić information content (AvgIpc) is 2.78. The molecule has 1 aliphatic heterocycles. The van der Waals surface area contributed by atoms with Gasteiger partial charge in [-0.1, -0.05) is 12.1 Å². The molecule has 0 spiro atoms. The van der Waals surface area contributed by atoms with Crippen LogP contribution in [0.15, 0.2) is 4.52 Å². The SMILES string of the molecule is CCC(N)c1noc(CC2CCCCO2)n1. The highest BCUT2D eigenvalue weighted by molar-refractivity contribution is 4.93. The minimum absolute atomic E-state index is 0.121. The lowest BCUT2D eigenvalue weighted by molar-refractivity contribution is 0.0124. The van der Waals surface area contributed by atoms with Crippen molar-refractivity contribution in [2.75, 3.05) is 6.61 Å². The molecule has 0 radical (unpaired) electrons. The van der Waals surface area contributed by atoms with Gasteiger partial charge in [0.2, 0.25) is 5.89 Å². The second-order valence-electron chi connectivity index (χ2n) is 4.25. The Balaban J connectivity index is 1.91. The van der Waals surface area contributed by atoms with E-state index in [2.05, 4.69) is 10.1 Å². The second-order valence-corrected chi connectivity index (χ2v) is 4.25. The maximum Gasteiger partial charge on any atom is 0.229 e. The van der Waals surface area contributed by atoms with Gasteiger partial charge in [-0.05, 0) is 25.7 Å². The second kappa shape index (κ2) is 5.41. The van der Waals surface area contributed by atoms with Gasteiger partial charge in [-0.25, -0.2) is 0 Å². The molecule has 1 aromatic heterocycles. The molecule has 90 valence electrons. The predicted octanol–water partition coefficient (Wildman–Crippen LogP) is 1.59. The smallest absolute Gasteiger partial charge is 0.229 e. The first-order chi connectivity index (χ1) is 7.79. The number of hydrogen-bond donors (Lipinski definition) is 1. The zero-order valence-electron chi connectivity index (χ0n) is 9.69. The van der Waals surface area contributed by atoms with Gasteiger partial charge in [-0.15, -0.1) is 0 Å². The van der Waals surface area contributed by atoms with Crippen molar-refractivity contribution in [1.29, 1.82) is 0 Å². The van der Waals surface area contributed by atoms with E-state index in [4.69, 9.17) is 15.0 Å². The van der Waals surface area contributed by atoms with Crippen LogP contribution in [0.3, 0.4) is 0 Å². The van der Waals surface area contributed by atoms with Crippen molar-refractivity contribution < 1.29 is 9.26 Å². The monoisotopic (exact) mass is 225 g/mol. The fourth-order valence-electron chi connectivity index (χ4n) is 1.85. The van der Waals surface area contributed by atoms with Crippen LogP contribution in [0.1, 0.15) is 50.4 Å². The lowest BCUT2D eigenvalue weighted by Gasteiger charge is -2.20. The Hall–Kier alpha value is -0.940. The van der Waals surface area contributed by atoms with Gasteiger partial charge in [-0.2, -0.15) is 4.98 Å². The zero-order chi connectivity index (χ0) is 11.4. The summed E-state index contributed by atoms with van der Waals surface area (Å²) in [6.45, 7) is 2.85. The van der Waals surface area contributed by atoms with E-state index in [0.717, 1.165) is 25.9 Å². The number of nitrogens with zero attached hydrogens (tertiary/aromatic N) is 2. The van der Waals surface area contributed by atoms with E-state index in [9.17, 15) is 0 Å². The van der Waals surface area contributed by atoms with Crippen molar-refractivity contribution in [3.63, 3.8) is 0 Å². The van der Waals surface area contributed by atoms with Crippen molar-refractivity contribution >= 4 is 0 Å². The predicted molar refractivity (Wildman–Crippen MR) is 58.8 cm³/mol. The molecule has 0 aromatic carbocycles. The third-order valence-corrected chi connectivity index (χ3v) is 2.93. The van der Waals surface area contributed by atoms with Crippen LogP contribution < -0.4 is 5.73 Å². The quantitative estimate of drug-likeness (QED) is 0.842. The standard InChI is InChI=1S/C11H19N3O2/c1-2-9(12)11-13-10(16-14-11)7-8-5-3-4-6-15-8/h8-9H,2-7,12H2,1H3. The van der Waals surface area contributed by atoms with Gasteiger partial charge in [0, 0.05) is 6.61 Å². The van der Waals surface area contributed by atoms with Gasteiger partial charge in [0.15, 0.2) is 5.82 Å². The normalized spacial score (nSPS) is 23.2. The van der Waals surface area contributed by atoms with Crippen molar-refractivity contribution in [1.82, 2.24) is 10.1 Å². The Morgan fingerprint density at radius 3 is 3.06 bits per heavy atom. The number of nitrogens with two attached hydrogens (primary N) is 1. The van der Waals surface area contributed by atoms with Gasteiger partial charge in [0.25, 0.3) is 0 Å². The maximum absolute atomic E-state index is 5.82. The molecule has 2 atom stereocenters. The minimum Gasteiger partial charge on any atom is -0.378 e. The van der Waals surface area contributed by atoms with Gasteiger partial charge >= 0.3 is 0 Å². The Morgan fingerprint density at radius 2 is 2.38 bits per heavy atom. The average molecular weight is 225 g/mol. The summed E-state index contributed by atoms with van der Waals surface area (Å²) in [6.07, 6.45) is 5.23. The largest absolute Gasteiger partial charge is 0.378 e. The topological polar surface area (TPSA) is 74.2 Å². The summed E-state index contributed by atoms with van der Waals surface area (Å²) in [5.41, 5.74) is 5.82. The van der Waals surface area contributed by atoms with Gasteiger partial charge < -0.3 is 15.0 Å². The van der Waals surface area contributed by atoms with E-state index in [-0.39, 0.29) is 12.1 Å². The van der Waals surface area contributed by atoms with E-state index >= 15 is 0 Å². The van der Waals surface area contributed by atoms with Crippen molar-refractivity contribution in [3.8, 4) is 0 Å². The molecular formula is C11H19N3O2.